The molecule has 0 N–H and O–H groups in total. The minimum atomic E-state index is 0.685. The lowest BCUT2D eigenvalue weighted by molar-refractivity contribution is 0.669. The summed E-state index contributed by atoms with van der Waals surface area (Å²) in [5, 5.41) is 11.1. The van der Waals surface area contributed by atoms with E-state index in [1.807, 2.05) is 48.5 Å². The molecule has 24 aromatic rings. The van der Waals surface area contributed by atoms with Gasteiger partial charge in [0.25, 0.3) is 0 Å². The van der Waals surface area contributed by atoms with Crippen LogP contribution in [0.4, 0.5) is 0 Å². The van der Waals surface area contributed by atoms with Crippen molar-refractivity contribution in [2.24, 2.45) is 0 Å². The Bertz CT molecular complexity index is 8270. The topological polar surface area (TPSA) is 104 Å². The van der Waals surface area contributed by atoms with Gasteiger partial charge in [-0.25, -0.2) is 29.9 Å². The third kappa shape index (κ3) is 13.8. The van der Waals surface area contributed by atoms with Gasteiger partial charge in [0.15, 0.2) is 11.6 Å². The Balaban J connectivity index is 0.000000145. The van der Waals surface area contributed by atoms with Gasteiger partial charge in [-0.1, -0.05) is 382 Å². The molecule has 0 aliphatic rings. The van der Waals surface area contributed by atoms with E-state index < -0.39 is 0 Å². The molecule has 18 aromatic carbocycles. The van der Waals surface area contributed by atoms with E-state index in [2.05, 4.69) is 400 Å². The molecule has 0 saturated heterocycles. The highest BCUT2D eigenvalue weighted by molar-refractivity contribution is 6.29. The van der Waals surface area contributed by atoms with Crippen molar-refractivity contribution in [3.8, 4) is 157 Å². The molecule has 0 amide bonds. The first-order valence-electron chi connectivity index (χ1n) is 42.5. The van der Waals surface area contributed by atoms with Crippen LogP contribution in [0.2, 0.25) is 0 Å². The molecule has 6 aromatic heterocycles. The van der Waals surface area contributed by atoms with Gasteiger partial charge in [0.05, 0.1) is 45.2 Å². The highest BCUT2D eigenvalue weighted by atomic mass is 16.3. The predicted molar refractivity (Wildman–Crippen MR) is 520 cm³/mol. The van der Waals surface area contributed by atoms with Gasteiger partial charge in [-0.3, -0.25) is 0 Å². The lowest BCUT2D eigenvalue weighted by Crippen LogP contribution is -1.96. The molecule has 24 rings (SSSR count). The summed E-state index contributed by atoms with van der Waals surface area (Å²) in [7, 11) is 0. The molecule has 0 aliphatic heterocycles. The number of furan rings is 2. The SMILES string of the molecule is c1ccc(-c2ccc(-c3nc(-c4ccccc4)cc(-c4cccc(-c5ccc(-c6nc7ccccc7c7c(-c8ccccc8)c8c(cc67)oc6ccccc68)cc5)c4)n3)cc2)cc1.c1ccc(-c2cccc(-c3nc(-c4ccccc4)cc(-c4cccc(-c5ccc(-c6nc7ccccc7c7c(-c8ccccc8)c8c(cc67)oc6ccccc68)cc5)c4)n3)c2)cc1. The molecule has 0 saturated carbocycles. The van der Waals surface area contributed by atoms with Crippen molar-refractivity contribution in [3.63, 3.8) is 0 Å². The number of benzene rings is 18. The Morgan fingerprint density at radius 3 is 0.817 bits per heavy atom. The normalized spacial score (nSPS) is 11.5. The molecule has 8 heteroatoms. The summed E-state index contributed by atoms with van der Waals surface area (Å²) in [6.07, 6.45) is 0. The maximum Gasteiger partial charge on any atom is 0.160 e. The summed E-state index contributed by atoms with van der Waals surface area (Å²) in [6.45, 7) is 0. The standard InChI is InChI=1S/2C59H37N3O/c1-4-16-38(17-5-1)44-23-15-25-46(35-44)59-61-51(40-18-6-2-7-19-40)37-52(62-59)45-24-14-22-43(34-45)39-30-32-42(33-31-39)58-49-36-54-57(48-27-11-13-29-53(48)63-54)55(41-20-8-3-9-21-41)56(49)47-26-10-12-28-50(47)60-58;1-4-15-38(16-5-1)39-29-33-44(34-30-39)59-61-51(41-17-6-2-7-18-41)37-52(62-59)46-22-14-21-45(35-46)40-27-31-43(32-28-40)58-49-36-54-57(48-24-11-13-26-53(48)63-54)55(42-19-8-3-9-20-42)56(49)47-23-10-12-25-50(47)60-58/h2*1-37H. The summed E-state index contributed by atoms with van der Waals surface area (Å²) in [5.74, 6) is 1.37. The third-order valence-corrected chi connectivity index (χ3v) is 24.2. The molecule has 0 unspecified atom stereocenters. The minimum Gasteiger partial charge on any atom is -0.456 e. The molecular weight excluding hydrogens is 1530 g/mol. The molecule has 0 spiro atoms. The van der Waals surface area contributed by atoms with Crippen molar-refractivity contribution in [1.82, 2.24) is 29.9 Å². The number of hydrogen-bond donors (Lipinski definition) is 0. The van der Waals surface area contributed by atoms with Crippen LogP contribution in [-0.2, 0) is 0 Å². The molecule has 126 heavy (non-hydrogen) atoms. The zero-order valence-electron chi connectivity index (χ0n) is 68.2. The Labute approximate surface area is 727 Å². The van der Waals surface area contributed by atoms with E-state index in [4.69, 9.17) is 38.7 Å². The highest BCUT2D eigenvalue weighted by Gasteiger charge is 2.26. The van der Waals surface area contributed by atoms with Crippen LogP contribution in [0.5, 0.6) is 0 Å². The van der Waals surface area contributed by atoms with Crippen molar-refractivity contribution in [2.75, 3.05) is 0 Å². The van der Waals surface area contributed by atoms with E-state index in [1.165, 1.54) is 16.3 Å². The Hall–Kier alpha value is -16.9. The average molecular weight is 1610 g/mol. The van der Waals surface area contributed by atoms with Crippen LogP contribution in [0, 0.1) is 0 Å². The smallest absolute Gasteiger partial charge is 0.160 e. The van der Waals surface area contributed by atoms with Gasteiger partial charge < -0.3 is 8.83 Å². The quantitative estimate of drug-likeness (QED) is 0.0992. The molecule has 0 bridgehead atoms. The summed E-state index contributed by atoms with van der Waals surface area (Å²) in [6, 6.07) is 157. The number of hydrogen-bond acceptors (Lipinski definition) is 8. The Morgan fingerprint density at radius 1 is 0.143 bits per heavy atom. The van der Waals surface area contributed by atoms with Crippen LogP contribution in [0.25, 0.3) is 244 Å². The third-order valence-electron chi connectivity index (χ3n) is 24.2. The first-order chi connectivity index (χ1) is 62.4. The van der Waals surface area contributed by atoms with Crippen molar-refractivity contribution in [3.05, 3.63) is 449 Å². The van der Waals surface area contributed by atoms with E-state index in [1.54, 1.807) is 0 Å². The Kier molecular flexibility index (Phi) is 18.8. The van der Waals surface area contributed by atoms with E-state index in [0.29, 0.717) is 11.6 Å². The second kappa shape index (κ2) is 31.9. The zero-order valence-corrected chi connectivity index (χ0v) is 68.2. The van der Waals surface area contributed by atoms with E-state index in [0.717, 1.165) is 216 Å². The molecule has 8 nitrogen and oxygen atoms in total. The van der Waals surface area contributed by atoms with Gasteiger partial charge in [0, 0.05) is 109 Å². The number of nitrogens with zero attached hydrogens (tertiary/aromatic N) is 6. The number of rotatable bonds is 14. The molecule has 0 aliphatic carbocycles. The van der Waals surface area contributed by atoms with Gasteiger partial charge in [-0.2, -0.15) is 0 Å². The van der Waals surface area contributed by atoms with Gasteiger partial charge >= 0.3 is 0 Å². The predicted octanol–water partition coefficient (Wildman–Crippen LogP) is 31.5. The fourth-order valence-electron chi connectivity index (χ4n) is 18.1. The van der Waals surface area contributed by atoms with Crippen LogP contribution in [0.3, 0.4) is 0 Å². The van der Waals surface area contributed by atoms with Crippen molar-refractivity contribution in [1.29, 1.82) is 0 Å². The summed E-state index contributed by atoms with van der Waals surface area (Å²) in [5.41, 5.74) is 32.4. The lowest BCUT2D eigenvalue weighted by Gasteiger charge is -2.16. The van der Waals surface area contributed by atoms with Crippen molar-refractivity contribution < 1.29 is 8.83 Å². The van der Waals surface area contributed by atoms with Gasteiger partial charge in [0.1, 0.15) is 22.3 Å². The van der Waals surface area contributed by atoms with Gasteiger partial charge in [-0.05, 0) is 122 Å². The molecule has 0 atom stereocenters. The van der Waals surface area contributed by atoms with Crippen LogP contribution >= 0.6 is 0 Å². The van der Waals surface area contributed by atoms with Crippen molar-refractivity contribution >= 4 is 87.2 Å². The average Bonchev–Trinajstić information content (AvgIpc) is 1.43. The summed E-state index contributed by atoms with van der Waals surface area (Å²) < 4.78 is 13.2. The number of aromatic nitrogens is 6. The lowest BCUT2D eigenvalue weighted by atomic mass is 9.89. The van der Waals surface area contributed by atoms with E-state index >= 15 is 0 Å². The van der Waals surface area contributed by atoms with Gasteiger partial charge in [0.2, 0.25) is 0 Å². The first kappa shape index (κ1) is 74.1. The van der Waals surface area contributed by atoms with Crippen molar-refractivity contribution in [2.45, 2.75) is 0 Å². The largest absolute Gasteiger partial charge is 0.456 e. The first-order valence-corrected chi connectivity index (χ1v) is 42.5. The number of pyridine rings is 2. The Morgan fingerprint density at radius 2 is 0.413 bits per heavy atom. The molecular formula is C118H74N6O2. The second-order valence-corrected chi connectivity index (χ2v) is 31.8. The van der Waals surface area contributed by atoms with Crippen LogP contribution in [0.1, 0.15) is 0 Å². The molecule has 588 valence electrons. The zero-order chi connectivity index (χ0) is 83.4. The summed E-state index contributed by atoms with van der Waals surface area (Å²) >= 11 is 0. The molecule has 0 fully saturated rings. The fourth-order valence-corrected chi connectivity index (χ4v) is 18.1. The number of para-hydroxylation sites is 4. The van der Waals surface area contributed by atoms with E-state index in [9.17, 15) is 0 Å². The fraction of sp³-hybridized carbons (Fsp3) is 0. The maximum absolute atomic E-state index is 6.60. The van der Waals surface area contributed by atoms with Crippen LogP contribution in [-0.4, -0.2) is 29.9 Å². The number of fused-ring (bicyclic) bond motifs is 12. The van der Waals surface area contributed by atoms with Crippen LogP contribution < -0.4 is 0 Å². The summed E-state index contributed by atoms with van der Waals surface area (Å²) in [4.78, 5) is 31.3. The van der Waals surface area contributed by atoms with Gasteiger partial charge in [-0.15, -0.1) is 0 Å². The van der Waals surface area contributed by atoms with E-state index in [-0.39, 0.29) is 0 Å². The monoisotopic (exact) mass is 1610 g/mol. The van der Waals surface area contributed by atoms with Crippen LogP contribution in [0.15, 0.2) is 458 Å². The maximum atomic E-state index is 6.60. The highest BCUT2D eigenvalue weighted by Crippen LogP contribution is 2.50. The second-order valence-electron chi connectivity index (χ2n) is 31.8. The molecule has 0 radical (unpaired) electrons. The molecule has 6 heterocycles. The minimum absolute atomic E-state index is 0.685.